The van der Waals surface area contributed by atoms with E-state index in [0.717, 1.165) is 29.3 Å². The van der Waals surface area contributed by atoms with E-state index in [0.29, 0.717) is 12.1 Å². The summed E-state index contributed by atoms with van der Waals surface area (Å²) in [5.41, 5.74) is 1.70. The first-order chi connectivity index (χ1) is 8.61. The number of benzene rings is 1. The summed E-state index contributed by atoms with van der Waals surface area (Å²) < 4.78 is 0.899. The minimum atomic E-state index is -0.273. The maximum absolute atomic E-state index is 12.4. The Labute approximate surface area is 116 Å². The van der Waals surface area contributed by atoms with Crippen LogP contribution in [0.1, 0.15) is 35.2 Å². The molecule has 1 heterocycles. The molecule has 1 aliphatic heterocycles. The van der Waals surface area contributed by atoms with Gasteiger partial charge in [-0.15, -0.1) is 0 Å². The third-order valence-corrected chi connectivity index (χ3v) is 3.66. The van der Waals surface area contributed by atoms with Crippen LogP contribution in [0, 0.1) is 18.3 Å². The van der Waals surface area contributed by atoms with Gasteiger partial charge in [-0.2, -0.15) is 5.26 Å². The number of halogens is 1. The Balaban J connectivity index is 2.27. The van der Waals surface area contributed by atoms with Crippen molar-refractivity contribution < 1.29 is 4.79 Å². The van der Waals surface area contributed by atoms with Crippen LogP contribution in [0.5, 0.6) is 0 Å². The molecule has 1 amide bonds. The van der Waals surface area contributed by atoms with Crippen LogP contribution in [0.25, 0.3) is 0 Å². The minimum absolute atomic E-state index is 0.0364. The summed E-state index contributed by atoms with van der Waals surface area (Å²) in [6.45, 7) is 2.64. The van der Waals surface area contributed by atoms with Crippen LogP contribution in [-0.4, -0.2) is 23.4 Å². The maximum atomic E-state index is 12.4. The Hall–Kier alpha value is -1.34. The van der Waals surface area contributed by atoms with Crippen LogP contribution in [0.2, 0.25) is 0 Å². The fourth-order valence-corrected chi connectivity index (χ4v) is 2.94. The first-order valence-corrected chi connectivity index (χ1v) is 6.89. The highest BCUT2D eigenvalue weighted by atomic mass is 79.9. The predicted molar refractivity (Wildman–Crippen MR) is 73.2 cm³/mol. The van der Waals surface area contributed by atoms with Gasteiger partial charge in [0.25, 0.3) is 5.91 Å². The fraction of sp³-hybridized carbons (Fsp3) is 0.429. The molecule has 2 rings (SSSR count). The average molecular weight is 307 g/mol. The van der Waals surface area contributed by atoms with Crippen LogP contribution in [0.3, 0.4) is 0 Å². The van der Waals surface area contributed by atoms with Crippen molar-refractivity contribution in [1.29, 1.82) is 5.26 Å². The normalized spacial score (nSPS) is 19.4. The topological polar surface area (TPSA) is 44.1 Å². The Morgan fingerprint density at radius 2 is 2.22 bits per heavy atom. The number of rotatable bonds is 1. The van der Waals surface area contributed by atoms with Crippen molar-refractivity contribution in [3.63, 3.8) is 0 Å². The second-order valence-electron chi connectivity index (χ2n) is 4.66. The number of nitriles is 1. The monoisotopic (exact) mass is 306 g/mol. The van der Waals surface area contributed by atoms with E-state index in [9.17, 15) is 4.79 Å². The third kappa shape index (κ3) is 2.73. The zero-order valence-electron chi connectivity index (χ0n) is 10.3. The van der Waals surface area contributed by atoms with E-state index in [1.54, 1.807) is 4.90 Å². The van der Waals surface area contributed by atoms with E-state index < -0.39 is 0 Å². The third-order valence-electron chi connectivity index (χ3n) is 3.20. The highest BCUT2D eigenvalue weighted by molar-refractivity contribution is 9.10. The molecule has 18 heavy (non-hydrogen) atoms. The summed E-state index contributed by atoms with van der Waals surface area (Å²) in [7, 11) is 0. The lowest BCUT2D eigenvalue weighted by Gasteiger charge is -2.31. The second kappa shape index (κ2) is 5.53. The highest BCUT2D eigenvalue weighted by Crippen LogP contribution is 2.22. The SMILES string of the molecule is Cc1cc(Br)cc(C(=O)N2CCCCC2C#N)c1. The predicted octanol–water partition coefficient (Wildman–Crippen LogP) is 3.28. The minimum Gasteiger partial charge on any atom is -0.323 e. The zero-order valence-corrected chi connectivity index (χ0v) is 11.9. The molecule has 0 spiro atoms. The van der Waals surface area contributed by atoms with Crippen molar-refractivity contribution in [3.05, 3.63) is 33.8 Å². The molecule has 3 nitrogen and oxygen atoms in total. The van der Waals surface area contributed by atoms with E-state index in [-0.39, 0.29) is 11.9 Å². The molecular weight excluding hydrogens is 292 g/mol. The van der Waals surface area contributed by atoms with Crippen molar-refractivity contribution in [2.24, 2.45) is 0 Å². The van der Waals surface area contributed by atoms with Crippen molar-refractivity contribution in [3.8, 4) is 6.07 Å². The number of carbonyl (C=O) groups excluding carboxylic acids is 1. The molecule has 0 aliphatic carbocycles. The molecular formula is C14H15BrN2O. The second-order valence-corrected chi connectivity index (χ2v) is 5.57. The lowest BCUT2D eigenvalue weighted by molar-refractivity contribution is 0.0670. The van der Waals surface area contributed by atoms with Gasteiger partial charge in [-0.3, -0.25) is 4.79 Å². The van der Waals surface area contributed by atoms with Gasteiger partial charge in [0.1, 0.15) is 6.04 Å². The number of nitrogens with zero attached hydrogens (tertiary/aromatic N) is 2. The zero-order chi connectivity index (χ0) is 13.1. The number of aryl methyl sites for hydroxylation is 1. The molecule has 4 heteroatoms. The first kappa shape index (κ1) is 13.1. The number of carbonyl (C=O) groups is 1. The Bertz CT molecular complexity index is 487. The van der Waals surface area contributed by atoms with Crippen molar-refractivity contribution in [1.82, 2.24) is 4.90 Å². The largest absolute Gasteiger partial charge is 0.323 e. The molecule has 0 aromatic heterocycles. The number of hydrogen-bond donors (Lipinski definition) is 0. The van der Waals surface area contributed by atoms with E-state index in [1.807, 2.05) is 25.1 Å². The molecule has 0 N–H and O–H groups in total. The molecule has 1 saturated heterocycles. The van der Waals surface area contributed by atoms with E-state index in [1.165, 1.54) is 0 Å². The lowest BCUT2D eigenvalue weighted by Crippen LogP contribution is -2.42. The van der Waals surface area contributed by atoms with Gasteiger partial charge in [0.15, 0.2) is 0 Å². The summed E-state index contributed by atoms with van der Waals surface area (Å²) in [6.07, 6.45) is 2.80. The van der Waals surface area contributed by atoms with Crippen molar-refractivity contribution in [2.45, 2.75) is 32.2 Å². The van der Waals surface area contributed by atoms with Gasteiger partial charge in [0, 0.05) is 16.6 Å². The summed E-state index contributed by atoms with van der Waals surface area (Å²) in [4.78, 5) is 14.1. The Morgan fingerprint density at radius 1 is 1.44 bits per heavy atom. The van der Waals surface area contributed by atoms with Crippen LogP contribution in [-0.2, 0) is 0 Å². The van der Waals surface area contributed by atoms with Crippen LogP contribution < -0.4 is 0 Å². The van der Waals surface area contributed by atoms with E-state index >= 15 is 0 Å². The summed E-state index contributed by atoms with van der Waals surface area (Å²) in [5.74, 6) is -0.0364. The standard InChI is InChI=1S/C14H15BrN2O/c1-10-6-11(8-12(15)7-10)14(18)17-5-3-2-4-13(17)9-16/h6-8,13H,2-5H2,1H3. The van der Waals surface area contributed by atoms with Gasteiger partial charge in [0.05, 0.1) is 6.07 Å². The molecule has 1 unspecified atom stereocenters. The van der Waals surface area contributed by atoms with Gasteiger partial charge in [-0.05, 0) is 49.9 Å². The van der Waals surface area contributed by atoms with Gasteiger partial charge in [-0.1, -0.05) is 15.9 Å². The van der Waals surface area contributed by atoms with Crippen LogP contribution in [0.4, 0.5) is 0 Å². The summed E-state index contributed by atoms with van der Waals surface area (Å²) >= 11 is 3.40. The fourth-order valence-electron chi connectivity index (χ4n) is 2.33. The summed E-state index contributed by atoms with van der Waals surface area (Å²) in [6, 6.07) is 7.61. The quantitative estimate of drug-likeness (QED) is 0.799. The van der Waals surface area contributed by atoms with E-state index in [4.69, 9.17) is 5.26 Å². The van der Waals surface area contributed by atoms with Gasteiger partial charge in [-0.25, -0.2) is 0 Å². The van der Waals surface area contributed by atoms with Crippen molar-refractivity contribution in [2.75, 3.05) is 6.54 Å². The highest BCUT2D eigenvalue weighted by Gasteiger charge is 2.27. The van der Waals surface area contributed by atoms with Gasteiger partial charge in [0.2, 0.25) is 0 Å². The first-order valence-electron chi connectivity index (χ1n) is 6.09. The number of amides is 1. The molecule has 1 aromatic rings. The molecule has 0 saturated carbocycles. The number of hydrogen-bond acceptors (Lipinski definition) is 2. The molecule has 1 atom stereocenters. The average Bonchev–Trinajstić information content (AvgIpc) is 2.36. The molecule has 1 aliphatic rings. The molecule has 0 bridgehead atoms. The van der Waals surface area contributed by atoms with Gasteiger partial charge < -0.3 is 4.90 Å². The Morgan fingerprint density at radius 3 is 2.89 bits per heavy atom. The maximum Gasteiger partial charge on any atom is 0.254 e. The van der Waals surface area contributed by atoms with Gasteiger partial charge >= 0.3 is 0 Å². The molecule has 94 valence electrons. The lowest BCUT2D eigenvalue weighted by atomic mass is 10.0. The molecule has 0 radical (unpaired) electrons. The van der Waals surface area contributed by atoms with E-state index in [2.05, 4.69) is 22.0 Å². The number of likely N-dealkylation sites (tertiary alicyclic amines) is 1. The van der Waals surface area contributed by atoms with Crippen LogP contribution in [0.15, 0.2) is 22.7 Å². The smallest absolute Gasteiger partial charge is 0.254 e. The summed E-state index contributed by atoms with van der Waals surface area (Å²) in [5, 5.41) is 9.11. The molecule has 1 aromatic carbocycles. The Kier molecular flexibility index (Phi) is 4.03. The van der Waals surface area contributed by atoms with Crippen molar-refractivity contribution >= 4 is 21.8 Å². The number of piperidine rings is 1. The molecule has 1 fully saturated rings. The van der Waals surface area contributed by atoms with Crippen LogP contribution >= 0.6 is 15.9 Å².